The van der Waals surface area contributed by atoms with Crippen LogP contribution in [-0.2, 0) is 4.74 Å². The second-order valence-corrected chi connectivity index (χ2v) is 1.77. The lowest BCUT2D eigenvalue weighted by Gasteiger charge is -2.24. The van der Waals surface area contributed by atoms with Gasteiger partial charge in [-0.05, 0) is 0 Å². The van der Waals surface area contributed by atoms with Crippen molar-refractivity contribution >= 4 is 0 Å². The zero-order valence-corrected chi connectivity index (χ0v) is 5.35. The maximum atomic E-state index is 8.51. The van der Waals surface area contributed by atoms with Crippen LogP contribution in [0.15, 0.2) is 0 Å². The molecule has 0 heterocycles. The molecule has 0 saturated heterocycles. The van der Waals surface area contributed by atoms with E-state index in [1.807, 2.05) is 0 Å². The molecule has 0 radical (unpaired) electrons. The number of hydrogen-bond donors (Lipinski definition) is 5. The fraction of sp³-hybridized carbons (Fsp3) is 1.00. The highest BCUT2D eigenvalue weighted by molar-refractivity contribution is 4.44. The second-order valence-electron chi connectivity index (χ2n) is 1.77. The Morgan fingerprint density at radius 1 is 1.10 bits per heavy atom. The van der Waals surface area contributed by atoms with E-state index in [2.05, 4.69) is 4.74 Å². The molecule has 0 fully saturated rings. The molecule has 0 aliphatic carbocycles. The van der Waals surface area contributed by atoms with E-state index < -0.39 is 12.1 Å². The normalized spacial score (nSPS) is 13.8. The summed E-state index contributed by atoms with van der Waals surface area (Å²) >= 11 is 0. The van der Waals surface area contributed by atoms with Crippen LogP contribution in [0.2, 0.25) is 0 Å². The van der Waals surface area contributed by atoms with Gasteiger partial charge in [-0.2, -0.15) is 0 Å². The van der Waals surface area contributed by atoms with E-state index in [9.17, 15) is 0 Å². The molecular weight excluding hydrogens is 144 g/mol. The van der Waals surface area contributed by atoms with Gasteiger partial charge in [-0.25, -0.2) is 4.74 Å². The second kappa shape index (κ2) is 2.79. The van der Waals surface area contributed by atoms with Gasteiger partial charge in [-0.15, -0.1) is 0 Å². The lowest BCUT2D eigenvalue weighted by molar-refractivity contribution is -0.538. The highest BCUT2D eigenvalue weighted by Gasteiger charge is 2.33. The Bertz CT molecular complexity index is 103. The first-order valence-corrected chi connectivity index (χ1v) is 2.59. The van der Waals surface area contributed by atoms with Gasteiger partial charge in [0.15, 0.2) is 0 Å². The molecule has 0 aromatic rings. The Morgan fingerprint density at radius 2 is 1.50 bits per heavy atom. The van der Waals surface area contributed by atoms with E-state index >= 15 is 0 Å². The fourth-order valence-electron chi connectivity index (χ4n) is 0.291. The molecule has 0 aliphatic heterocycles. The summed E-state index contributed by atoms with van der Waals surface area (Å²) in [6.45, 7) is 1.31. The van der Waals surface area contributed by atoms with Crippen LogP contribution in [0, 0.1) is 0 Å². The summed E-state index contributed by atoms with van der Waals surface area (Å²) in [5.41, 5.74) is 0. The Morgan fingerprint density at radius 3 is 1.60 bits per heavy atom. The molecule has 0 bridgehead atoms. The Balaban J connectivity index is 3.89. The van der Waals surface area contributed by atoms with Crippen molar-refractivity contribution in [2.75, 3.05) is 0 Å². The zero-order chi connectivity index (χ0) is 8.41. The van der Waals surface area contributed by atoms with Crippen LogP contribution in [0.4, 0.5) is 0 Å². The average Bonchev–Trinajstić information content (AvgIpc) is 1.60. The molecule has 5 N–H and O–H groups in total. The van der Waals surface area contributed by atoms with Crippen molar-refractivity contribution in [1.82, 2.24) is 0 Å². The van der Waals surface area contributed by atoms with E-state index in [-0.39, 0.29) is 6.42 Å². The molecule has 0 aliphatic rings. The molecule has 0 unspecified atom stereocenters. The summed E-state index contributed by atoms with van der Waals surface area (Å²) in [5.74, 6) is -2.72. The van der Waals surface area contributed by atoms with E-state index in [4.69, 9.17) is 25.5 Å². The van der Waals surface area contributed by atoms with Gasteiger partial charge in [-0.3, -0.25) is 0 Å². The monoisotopic (exact) mass is 154 g/mol. The van der Waals surface area contributed by atoms with Crippen molar-refractivity contribution in [3.8, 4) is 0 Å². The molecule has 62 valence electrons. The summed E-state index contributed by atoms with van der Waals surface area (Å²) in [6.07, 6.45) is -3.82. The molecule has 0 spiro atoms. The minimum Gasteiger partial charge on any atom is -0.343 e. The summed E-state index contributed by atoms with van der Waals surface area (Å²) < 4.78 is 3.55. The average molecular weight is 154 g/mol. The third-order valence-electron chi connectivity index (χ3n) is 0.761. The van der Waals surface area contributed by atoms with Gasteiger partial charge in [0, 0.05) is 6.42 Å². The SMILES string of the molecule is CCC(O)(O)OC(O)(O)O. The van der Waals surface area contributed by atoms with Crippen molar-refractivity contribution < 1.29 is 30.3 Å². The molecule has 0 rings (SSSR count). The number of ether oxygens (including phenoxy) is 1. The van der Waals surface area contributed by atoms with Crippen molar-refractivity contribution in [1.29, 1.82) is 0 Å². The first kappa shape index (κ1) is 9.76. The highest BCUT2D eigenvalue weighted by Crippen LogP contribution is 2.12. The summed E-state index contributed by atoms with van der Waals surface area (Å²) in [5, 5.41) is 41.2. The number of hydrogen-bond acceptors (Lipinski definition) is 6. The molecule has 0 aromatic heterocycles. The van der Waals surface area contributed by atoms with Crippen LogP contribution in [0.5, 0.6) is 0 Å². The molecule has 0 amide bonds. The zero-order valence-electron chi connectivity index (χ0n) is 5.35. The number of aliphatic hydroxyl groups is 5. The lowest BCUT2D eigenvalue weighted by atomic mass is 10.4. The van der Waals surface area contributed by atoms with Crippen LogP contribution >= 0.6 is 0 Å². The minimum absolute atomic E-state index is 0.309. The largest absolute Gasteiger partial charge is 0.409 e. The predicted octanol–water partition coefficient (Wildman–Crippen LogP) is -2.36. The molecule has 0 aromatic carbocycles. The maximum Gasteiger partial charge on any atom is 0.409 e. The van der Waals surface area contributed by atoms with Crippen LogP contribution in [0.3, 0.4) is 0 Å². The number of rotatable bonds is 3. The fourth-order valence-corrected chi connectivity index (χ4v) is 0.291. The van der Waals surface area contributed by atoms with E-state index in [1.54, 1.807) is 0 Å². The van der Waals surface area contributed by atoms with Gasteiger partial charge in [0.05, 0.1) is 0 Å². The highest BCUT2D eigenvalue weighted by atomic mass is 17.0. The van der Waals surface area contributed by atoms with Gasteiger partial charge in [-0.1, -0.05) is 6.92 Å². The summed E-state index contributed by atoms with van der Waals surface area (Å²) in [6, 6.07) is 0. The Labute approximate surface area is 56.9 Å². The first-order chi connectivity index (χ1) is 4.27. The lowest BCUT2D eigenvalue weighted by Crippen LogP contribution is -2.44. The predicted molar refractivity (Wildman–Crippen MR) is 27.9 cm³/mol. The van der Waals surface area contributed by atoms with E-state index in [1.165, 1.54) is 6.92 Å². The van der Waals surface area contributed by atoms with Gasteiger partial charge in [0.1, 0.15) is 0 Å². The van der Waals surface area contributed by atoms with Gasteiger partial charge in [0.2, 0.25) is 0 Å². The maximum absolute atomic E-state index is 8.51. The van der Waals surface area contributed by atoms with Crippen LogP contribution < -0.4 is 0 Å². The topological polar surface area (TPSA) is 110 Å². The van der Waals surface area contributed by atoms with E-state index in [0.717, 1.165) is 0 Å². The quantitative estimate of drug-likeness (QED) is 0.291. The molecule has 10 heavy (non-hydrogen) atoms. The third-order valence-corrected chi connectivity index (χ3v) is 0.761. The molecule has 0 saturated carbocycles. The van der Waals surface area contributed by atoms with Crippen LogP contribution in [0.1, 0.15) is 13.3 Å². The van der Waals surface area contributed by atoms with Crippen molar-refractivity contribution in [3.63, 3.8) is 0 Å². The summed E-state index contributed by atoms with van der Waals surface area (Å²) in [4.78, 5) is 0. The molecule has 0 atom stereocenters. The smallest absolute Gasteiger partial charge is 0.343 e. The van der Waals surface area contributed by atoms with Gasteiger partial charge >= 0.3 is 6.16 Å². The Hall–Kier alpha value is -0.240. The van der Waals surface area contributed by atoms with Crippen LogP contribution in [-0.4, -0.2) is 37.7 Å². The molecule has 6 heteroatoms. The molecular formula is C4H10O6. The van der Waals surface area contributed by atoms with Crippen molar-refractivity contribution in [2.24, 2.45) is 0 Å². The summed E-state index contributed by atoms with van der Waals surface area (Å²) in [7, 11) is 0. The Kier molecular flexibility index (Phi) is 2.72. The van der Waals surface area contributed by atoms with E-state index in [0.29, 0.717) is 0 Å². The minimum atomic E-state index is -3.51. The first-order valence-electron chi connectivity index (χ1n) is 2.59. The third kappa shape index (κ3) is 4.62. The van der Waals surface area contributed by atoms with Crippen molar-refractivity contribution in [2.45, 2.75) is 25.5 Å². The molecule has 6 nitrogen and oxygen atoms in total. The van der Waals surface area contributed by atoms with Crippen LogP contribution in [0.25, 0.3) is 0 Å². The van der Waals surface area contributed by atoms with Gasteiger partial charge in [0.25, 0.3) is 5.97 Å². The van der Waals surface area contributed by atoms with Gasteiger partial charge < -0.3 is 25.5 Å². The standard InChI is InChI=1S/C4H10O6/c1-2-3(5,6)10-4(7,8)9/h5-9H,2H2,1H3. The van der Waals surface area contributed by atoms with Crippen molar-refractivity contribution in [3.05, 3.63) is 0 Å².